The first kappa shape index (κ1) is 30.3. The van der Waals surface area contributed by atoms with Crippen molar-refractivity contribution < 1.29 is 24.2 Å². The average Bonchev–Trinajstić information content (AvgIpc) is 3.30. The van der Waals surface area contributed by atoms with Crippen LogP contribution in [0.25, 0.3) is 22.3 Å². The molecule has 3 heterocycles. The van der Waals surface area contributed by atoms with Crippen LogP contribution in [0, 0.1) is 5.82 Å². The van der Waals surface area contributed by atoms with Gasteiger partial charge in [0.1, 0.15) is 23.7 Å². The van der Waals surface area contributed by atoms with Crippen molar-refractivity contribution in [1.29, 1.82) is 0 Å². The van der Waals surface area contributed by atoms with Crippen molar-refractivity contribution in [2.75, 3.05) is 24.1 Å². The third-order valence-corrected chi connectivity index (χ3v) is 6.22. The van der Waals surface area contributed by atoms with Crippen LogP contribution in [0.2, 0.25) is 5.02 Å². The number of hydrogen-bond donors (Lipinski definition) is 5. The number of fused-ring (bicyclic) bond motifs is 1. The maximum Gasteiger partial charge on any atom is 0.300 e. The smallest absolute Gasteiger partial charge is 0.300 e. The molecule has 0 amide bonds. The highest BCUT2D eigenvalue weighted by atomic mass is 35.5. The van der Waals surface area contributed by atoms with E-state index in [4.69, 9.17) is 42.2 Å². The lowest BCUT2D eigenvalue weighted by molar-refractivity contribution is -0.135. The van der Waals surface area contributed by atoms with Gasteiger partial charge in [0.15, 0.2) is 5.65 Å². The van der Waals surface area contributed by atoms with E-state index in [0.29, 0.717) is 22.9 Å². The summed E-state index contributed by atoms with van der Waals surface area (Å²) in [7, 11) is 0. The summed E-state index contributed by atoms with van der Waals surface area (Å²) in [5.74, 6) is -1.58. The van der Waals surface area contributed by atoms with Crippen molar-refractivity contribution in [3.8, 4) is 11.3 Å². The summed E-state index contributed by atoms with van der Waals surface area (Å²) in [6, 6.07) is 12.7. The van der Waals surface area contributed by atoms with Crippen LogP contribution in [0.15, 0.2) is 48.8 Å². The quantitative estimate of drug-likeness (QED) is 0.228. The molecule has 40 heavy (non-hydrogen) atoms. The number of nitrogen functional groups attached to an aromatic ring is 1. The lowest BCUT2D eigenvalue weighted by atomic mass is 10.1. The second kappa shape index (κ2) is 14.2. The van der Waals surface area contributed by atoms with Crippen molar-refractivity contribution in [3.05, 3.63) is 65.2 Å². The molecule has 0 spiro atoms. The Morgan fingerprint density at radius 2 is 1.73 bits per heavy atom. The zero-order chi connectivity index (χ0) is 29.2. The van der Waals surface area contributed by atoms with Gasteiger partial charge in [0.2, 0.25) is 0 Å². The van der Waals surface area contributed by atoms with E-state index < -0.39 is 11.9 Å². The number of carboxylic acid groups (broad SMARTS) is 2. The fourth-order valence-electron chi connectivity index (χ4n) is 4.14. The molecule has 11 nitrogen and oxygen atoms in total. The minimum Gasteiger partial charge on any atom is -0.481 e. The van der Waals surface area contributed by atoms with Crippen molar-refractivity contribution >= 4 is 46.1 Å². The predicted octanol–water partition coefficient (Wildman–Crippen LogP) is 4.59. The summed E-state index contributed by atoms with van der Waals surface area (Å²) >= 11 is 6.12. The van der Waals surface area contributed by atoms with Gasteiger partial charge in [-0.05, 0) is 50.2 Å². The van der Waals surface area contributed by atoms with E-state index >= 15 is 0 Å². The topological polar surface area (TPSA) is 168 Å². The van der Waals surface area contributed by atoms with Crippen molar-refractivity contribution in [1.82, 2.24) is 25.1 Å². The summed E-state index contributed by atoms with van der Waals surface area (Å²) in [4.78, 5) is 26.7. The number of nitrogens with two attached hydrogens (primary N) is 1. The number of benzene rings is 2. The highest BCUT2D eigenvalue weighted by molar-refractivity contribution is 6.31. The number of piperidine rings is 1. The third-order valence-electron chi connectivity index (χ3n) is 5.86. The maximum absolute atomic E-state index is 14.0. The third kappa shape index (κ3) is 8.10. The number of nitrogens with zero attached hydrogens (tertiary/aromatic N) is 4. The first-order valence-electron chi connectivity index (χ1n) is 12.4. The second-order valence-electron chi connectivity index (χ2n) is 8.90. The molecule has 0 atom stereocenters. The Morgan fingerprint density at radius 1 is 1.10 bits per heavy atom. The lowest BCUT2D eigenvalue weighted by Gasteiger charge is -2.23. The molecule has 0 radical (unpaired) electrons. The fraction of sp³-hybridized carbons (Fsp3) is 0.296. The monoisotopic (exact) mass is 571 g/mol. The van der Waals surface area contributed by atoms with Gasteiger partial charge >= 0.3 is 0 Å². The van der Waals surface area contributed by atoms with E-state index in [1.807, 2.05) is 28.9 Å². The summed E-state index contributed by atoms with van der Waals surface area (Å²) in [5, 5.41) is 27.5. The molecule has 0 unspecified atom stereocenters. The molecule has 212 valence electrons. The Hall–Kier alpha value is -4.29. The summed E-state index contributed by atoms with van der Waals surface area (Å²) in [6.45, 7) is 4.36. The number of rotatable bonds is 5. The highest BCUT2D eigenvalue weighted by Crippen LogP contribution is 2.34. The van der Waals surface area contributed by atoms with Gasteiger partial charge in [-0.25, -0.2) is 19.0 Å². The van der Waals surface area contributed by atoms with Crippen LogP contribution in [-0.4, -0.2) is 55.0 Å². The average molecular weight is 572 g/mol. The molecule has 2 aromatic carbocycles. The van der Waals surface area contributed by atoms with Gasteiger partial charge in [0, 0.05) is 42.2 Å². The summed E-state index contributed by atoms with van der Waals surface area (Å²) in [6.07, 6.45) is 3.46. The Labute approximate surface area is 235 Å². The number of carboxylic acids is 2. The number of anilines is 2. The van der Waals surface area contributed by atoms with Gasteiger partial charge in [-0.15, -0.1) is 0 Å². The molecule has 4 aromatic rings. The van der Waals surface area contributed by atoms with Crippen LogP contribution in [0.1, 0.15) is 38.3 Å². The molecule has 0 saturated carbocycles. The van der Waals surface area contributed by atoms with Crippen molar-refractivity contribution in [3.63, 3.8) is 0 Å². The molecule has 6 N–H and O–H groups in total. The zero-order valence-corrected chi connectivity index (χ0v) is 22.8. The van der Waals surface area contributed by atoms with Crippen LogP contribution in [-0.2, 0) is 16.1 Å². The summed E-state index contributed by atoms with van der Waals surface area (Å²) in [5.41, 5.74) is 9.96. The van der Waals surface area contributed by atoms with Crippen LogP contribution in [0.5, 0.6) is 0 Å². The molecule has 1 saturated heterocycles. The van der Waals surface area contributed by atoms with Crippen molar-refractivity contribution in [2.45, 2.75) is 39.3 Å². The van der Waals surface area contributed by atoms with E-state index in [-0.39, 0.29) is 11.9 Å². The van der Waals surface area contributed by atoms with E-state index in [2.05, 4.69) is 20.6 Å². The number of carbonyl (C=O) groups is 2. The number of aliphatic carboxylic acids is 2. The number of halogens is 2. The predicted molar refractivity (Wildman–Crippen MR) is 152 cm³/mol. The minimum atomic E-state index is -0.833. The number of hydrogen-bond acceptors (Lipinski definition) is 8. The van der Waals surface area contributed by atoms with Crippen LogP contribution in [0.3, 0.4) is 0 Å². The molecular weight excluding hydrogens is 541 g/mol. The Balaban J connectivity index is 0.000000490. The van der Waals surface area contributed by atoms with E-state index in [0.717, 1.165) is 67.8 Å². The highest BCUT2D eigenvalue weighted by Gasteiger charge is 2.23. The standard InChI is InChI=1S/C23H23ClFN7.2C2H4O2/c24-18-2-1-3-19(25)17(18)12-28-15-6-4-14(5-7-15)21-20-22(26)29-13-30-23(20)32(31-21)16-8-10-27-11-9-16;2*1-2(3)4/h1-7,13,16,27-28H,8-12H2,(H2,26,29,30);2*1H3,(H,3,4). The minimum absolute atomic E-state index is 0.272. The zero-order valence-electron chi connectivity index (χ0n) is 22.1. The number of nitrogens with one attached hydrogen (secondary N) is 2. The first-order chi connectivity index (χ1) is 19.1. The SMILES string of the molecule is CC(=O)O.CC(=O)O.Nc1ncnc2c1c(-c1ccc(NCc3c(F)cccc3Cl)cc1)nn2C1CCNCC1. The molecule has 5 rings (SSSR count). The molecule has 1 aliphatic heterocycles. The van der Waals surface area contributed by atoms with E-state index in [1.54, 1.807) is 12.1 Å². The van der Waals surface area contributed by atoms with Crippen LogP contribution >= 0.6 is 11.6 Å². The Bertz CT molecular complexity index is 1420. The first-order valence-corrected chi connectivity index (χ1v) is 12.8. The van der Waals surface area contributed by atoms with Crippen LogP contribution < -0.4 is 16.4 Å². The molecule has 0 aliphatic carbocycles. The molecule has 1 aliphatic rings. The fourth-order valence-corrected chi connectivity index (χ4v) is 4.37. The molecule has 1 fully saturated rings. The Morgan fingerprint density at radius 3 is 2.33 bits per heavy atom. The second-order valence-corrected chi connectivity index (χ2v) is 9.31. The van der Waals surface area contributed by atoms with Gasteiger partial charge in [-0.1, -0.05) is 29.8 Å². The molecular formula is C27H31ClFN7O4. The lowest BCUT2D eigenvalue weighted by Crippen LogP contribution is -2.30. The Kier molecular flexibility index (Phi) is 10.7. The molecule has 0 bridgehead atoms. The maximum atomic E-state index is 14.0. The molecule has 13 heteroatoms. The van der Waals surface area contributed by atoms with Gasteiger partial charge in [-0.2, -0.15) is 5.10 Å². The molecule has 2 aromatic heterocycles. The van der Waals surface area contributed by atoms with Gasteiger partial charge in [0.25, 0.3) is 11.9 Å². The number of aromatic nitrogens is 4. The van der Waals surface area contributed by atoms with Crippen LogP contribution in [0.4, 0.5) is 15.9 Å². The van der Waals surface area contributed by atoms with Crippen molar-refractivity contribution in [2.24, 2.45) is 0 Å². The van der Waals surface area contributed by atoms with Gasteiger partial charge in [-0.3, -0.25) is 9.59 Å². The van der Waals surface area contributed by atoms with Gasteiger partial charge in [0.05, 0.1) is 11.4 Å². The normalized spacial score (nSPS) is 13.0. The largest absolute Gasteiger partial charge is 0.481 e. The van der Waals surface area contributed by atoms with E-state index in [9.17, 15) is 4.39 Å². The van der Waals surface area contributed by atoms with E-state index in [1.165, 1.54) is 12.4 Å². The van der Waals surface area contributed by atoms with Gasteiger partial charge < -0.3 is 26.6 Å². The summed E-state index contributed by atoms with van der Waals surface area (Å²) < 4.78 is 16.0.